The first kappa shape index (κ1) is 9.54. The van der Waals surface area contributed by atoms with Gasteiger partial charge in [-0.15, -0.1) is 5.10 Å². The fraction of sp³-hybridized carbons (Fsp3) is 0.625. The van der Waals surface area contributed by atoms with Gasteiger partial charge in [-0.25, -0.2) is 0 Å². The molecule has 0 bridgehead atoms. The highest BCUT2D eigenvalue weighted by atomic mass is 32.1. The number of rotatable bonds is 2. The number of carbonyl (C=O) groups is 1. The molecule has 1 saturated carbocycles. The normalized spacial score (nSPS) is 19.5. The van der Waals surface area contributed by atoms with Gasteiger partial charge in [0.15, 0.2) is 0 Å². The number of nitrogens with zero attached hydrogens (tertiary/aromatic N) is 2. The Kier molecular flexibility index (Phi) is 2.47. The molecule has 76 valence electrons. The first-order valence-corrected chi connectivity index (χ1v) is 5.36. The van der Waals surface area contributed by atoms with Crippen LogP contribution in [0.3, 0.4) is 0 Å². The summed E-state index contributed by atoms with van der Waals surface area (Å²) in [6.07, 6.45) is 5.13. The Bertz CT molecular complexity index is 318. The SMILES string of the molecule is NC1(C(=O)Nc2cnns2)CCCC1. The molecule has 0 atom stereocenters. The van der Waals surface area contributed by atoms with Crippen LogP contribution in [0.4, 0.5) is 5.00 Å². The molecule has 0 saturated heterocycles. The molecule has 0 unspecified atom stereocenters. The van der Waals surface area contributed by atoms with E-state index in [2.05, 4.69) is 14.9 Å². The van der Waals surface area contributed by atoms with Crippen LogP contribution < -0.4 is 11.1 Å². The number of carbonyl (C=O) groups excluding carboxylic acids is 1. The molecule has 5 nitrogen and oxygen atoms in total. The molecule has 1 fully saturated rings. The van der Waals surface area contributed by atoms with Crippen LogP contribution in [-0.2, 0) is 4.79 Å². The molecular weight excluding hydrogens is 200 g/mol. The lowest BCUT2D eigenvalue weighted by atomic mass is 9.98. The van der Waals surface area contributed by atoms with Crippen LogP contribution in [0.15, 0.2) is 6.20 Å². The van der Waals surface area contributed by atoms with E-state index in [1.165, 1.54) is 6.20 Å². The molecular formula is C8H12N4OS. The Hall–Kier alpha value is -1.01. The van der Waals surface area contributed by atoms with Gasteiger partial charge in [-0.05, 0) is 12.8 Å². The van der Waals surface area contributed by atoms with Crippen molar-refractivity contribution in [3.05, 3.63) is 6.20 Å². The van der Waals surface area contributed by atoms with Crippen LogP contribution in [0.25, 0.3) is 0 Å². The predicted molar refractivity (Wildman–Crippen MR) is 53.9 cm³/mol. The van der Waals surface area contributed by atoms with Crippen molar-refractivity contribution in [3.63, 3.8) is 0 Å². The number of amides is 1. The van der Waals surface area contributed by atoms with Crippen LogP contribution in [0.1, 0.15) is 25.7 Å². The number of nitrogens with two attached hydrogens (primary N) is 1. The average Bonchev–Trinajstić information content (AvgIpc) is 2.76. The van der Waals surface area contributed by atoms with Gasteiger partial charge < -0.3 is 11.1 Å². The second-order valence-electron chi connectivity index (χ2n) is 3.60. The highest BCUT2D eigenvalue weighted by Gasteiger charge is 2.37. The van der Waals surface area contributed by atoms with E-state index in [-0.39, 0.29) is 5.91 Å². The molecule has 1 aliphatic carbocycles. The summed E-state index contributed by atoms with van der Waals surface area (Å²) >= 11 is 1.16. The summed E-state index contributed by atoms with van der Waals surface area (Å²) < 4.78 is 3.66. The number of aromatic nitrogens is 2. The molecule has 1 heterocycles. The van der Waals surface area contributed by atoms with Crippen molar-refractivity contribution in [2.75, 3.05) is 5.32 Å². The van der Waals surface area contributed by atoms with Crippen molar-refractivity contribution >= 4 is 22.4 Å². The second-order valence-corrected chi connectivity index (χ2v) is 4.38. The molecule has 1 aromatic rings. The fourth-order valence-corrected chi connectivity index (χ4v) is 2.11. The van der Waals surface area contributed by atoms with Gasteiger partial charge >= 0.3 is 0 Å². The Morgan fingerprint density at radius 2 is 2.29 bits per heavy atom. The summed E-state index contributed by atoms with van der Waals surface area (Å²) in [5.74, 6) is -0.110. The minimum absolute atomic E-state index is 0.110. The third kappa shape index (κ3) is 1.76. The smallest absolute Gasteiger partial charge is 0.245 e. The van der Waals surface area contributed by atoms with Gasteiger partial charge in [-0.2, -0.15) is 0 Å². The van der Waals surface area contributed by atoms with E-state index in [1.54, 1.807) is 0 Å². The molecule has 0 aromatic carbocycles. The van der Waals surface area contributed by atoms with Crippen LogP contribution >= 0.6 is 11.5 Å². The average molecular weight is 212 g/mol. The quantitative estimate of drug-likeness (QED) is 0.758. The van der Waals surface area contributed by atoms with E-state index in [0.29, 0.717) is 5.00 Å². The molecule has 2 rings (SSSR count). The molecule has 0 aliphatic heterocycles. The summed E-state index contributed by atoms with van der Waals surface area (Å²) in [5, 5.41) is 7.03. The van der Waals surface area contributed by atoms with Gasteiger partial charge in [0.25, 0.3) is 0 Å². The second kappa shape index (κ2) is 3.62. The van der Waals surface area contributed by atoms with Gasteiger partial charge in [-0.3, -0.25) is 4.79 Å². The summed E-state index contributed by atoms with van der Waals surface area (Å²) in [5.41, 5.74) is 5.29. The van der Waals surface area contributed by atoms with Crippen LogP contribution in [0.5, 0.6) is 0 Å². The van der Waals surface area contributed by atoms with E-state index in [0.717, 1.165) is 37.2 Å². The molecule has 1 aromatic heterocycles. The van der Waals surface area contributed by atoms with Crippen LogP contribution in [-0.4, -0.2) is 21.0 Å². The van der Waals surface area contributed by atoms with Gasteiger partial charge in [0, 0.05) is 11.5 Å². The monoisotopic (exact) mass is 212 g/mol. The van der Waals surface area contributed by atoms with E-state index in [4.69, 9.17) is 5.73 Å². The lowest BCUT2D eigenvalue weighted by Crippen LogP contribution is -2.48. The largest absolute Gasteiger partial charge is 0.317 e. The highest BCUT2D eigenvalue weighted by molar-refractivity contribution is 7.10. The van der Waals surface area contributed by atoms with Crippen LogP contribution in [0, 0.1) is 0 Å². The maximum Gasteiger partial charge on any atom is 0.245 e. The van der Waals surface area contributed by atoms with Gasteiger partial charge in [0.1, 0.15) is 5.00 Å². The Labute approximate surface area is 85.9 Å². The zero-order valence-corrected chi connectivity index (χ0v) is 8.51. The van der Waals surface area contributed by atoms with E-state index in [9.17, 15) is 4.79 Å². The van der Waals surface area contributed by atoms with Crippen molar-refractivity contribution in [1.82, 2.24) is 9.59 Å². The standard InChI is InChI=1S/C8H12N4OS/c9-8(3-1-2-4-8)7(13)11-6-5-10-12-14-6/h5H,1-4,9H2,(H,11,13). The minimum Gasteiger partial charge on any atom is -0.317 e. The molecule has 0 spiro atoms. The molecule has 14 heavy (non-hydrogen) atoms. The first-order chi connectivity index (χ1) is 6.71. The molecule has 1 aliphatic rings. The van der Waals surface area contributed by atoms with E-state index in [1.807, 2.05) is 0 Å². The fourth-order valence-electron chi connectivity index (χ4n) is 1.69. The Morgan fingerprint density at radius 1 is 1.57 bits per heavy atom. The van der Waals surface area contributed by atoms with E-state index < -0.39 is 5.54 Å². The van der Waals surface area contributed by atoms with Gasteiger partial charge in [0.05, 0.1) is 11.7 Å². The lowest BCUT2D eigenvalue weighted by molar-refractivity contribution is -0.120. The zero-order chi connectivity index (χ0) is 10.0. The van der Waals surface area contributed by atoms with Gasteiger partial charge in [0.2, 0.25) is 5.91 Å². The zero-order valence-electron chi connectivity index (χ0n) is 7.69. The maximum atomic E-state index is 11.7. The predicted octanol–water partition coefficient (Wildman–Crippen LogP) is 0.748. The number of hydrogen-bond acceptors (Lipinski definition) is 5. The maximum absolute atomic E-state index is 11.7. The van der Waals surface area contributed by atoms with Crippen molar-refractivity contribution in [1.29, 1.82) is 0 Å². The summed E-state index contributed by atoms with van der Waals surface area (Å²) in [6, 6.07) is 0. The highest BCUT2D eigenvalue weighted by Crippen LogP contribution is 2.28. The van der Waals surface area contributed by atoms with E-state index >= 15 is 0 Å². The molecule has 3 N–H and O–H groups in total. The molecule has 1 amide bonds. The summed E-state index contributed by atoms with van der Waals surface area (Å²) in [7, 11) is 0. The third-order valence-corrected chi connectivity index (χ3v) is 3.13. The lowest BCUT2D eigenvalue weighted by Gasteiger charge is -2.21. The molecule has 0 radical (unpaired) electrons. The third-order valence-electron chi connectivity index (χ3n) is 2.55. The number of anilines is 1. The Morgan fingerprint density at radius 3 is 2.86 bits per heavy atom. The summed E-state index contributed by atoms with van der Waals surface area (Å²) in [6.45, 7) is 0. The number of hydrogen-bond donors (Lipinski definition) is 2. The minimum atomic E-state index is -0.677. The topological polar surface area (TPSA) is 80.9 Å². The summed E-state index contributed by atoms with van der Waals surface area (Å²) in [4.78, 5) is 11.7. The van der Waals surface area contributed by atoms with Crippen molar-refractivity contribution in [3.8, 4) is 0 Å². The van der Waals surface area contributed by atoms with Crippen molar-refractivity contribution < 1.29 is 4.79 Å². The van der Waals surface area contributed by atoms with Crippen molar-refractivity contribution in [2.24, 2.45) is 5.73 Å². The van der Waals surface area contributed by atoms with Crippen molar-refractivity contribution in [2.45, 2.75) is 31.2 Å². The first-order valence-electron chi connectivity index (χ1n) is 4.58. The van der Waals surface area contributed by atoms with Gasteiger partial charge in [-0.1, -0.05) is 17.3 Å². The Balaban J connectivity index is 2.02. The molecule has 6 heteroatoms. The number of nitrogens with one attached hydrogen (secondary N) is 1. The van der Waals surface area contributed by atoms with Crippen LogP contribution in [0.2, 0.25) is 0 Å².